The normalized spacial score (nSPS) is 13.3. The second kappa shape index (κ2) is 14.4. The number of carbonyl (C=O) groups is 2. The maximum Gasteiger partial charge on any atom is 0.327 e. The molecule has 2 heterocycles. The van der Waals surface area contributed by atoms with E-state index in [-0.39, 0.29) is 5.91 Å². The Hall–Kier alpha value is -4.58. The Balaban J connectivity index is 1.52. The summed E-state index contributed by atoms with van der Waals surface area (Å²) in [5.74, 6) is 1.90. The fourth-order valence-electron chi connectivity index (χ4n) is 4.63. The van der Waals surface area contributed by atoms with E-state index < -0.39 is 6.03 Å². The highest BCUT2D eigenvalue weighted by Gasteiger charge is 2.19. The minimum atomic E-state index is -0.407. The number of anilines is 6. The van der Waals surface area contributed by atoms with Crippen molar-refractivity contribution in [2.75, 3.05) is 79.7 Å². The van der Waals surface area contributed by atoms with Crippen LogP contribution in [0.2, 0.25) is 0 Å². The van der Waals surface area contributed by atoms with E-state index in [0.717, 1.165) is 44.8 Å². The van der Waals surface area contributed by atoms with Crippen LogP contribution in [0.4, 0.5) is 39.2 Å². The Morgan fingerprint density at radius 3 is 2.26 bits per heavy atom. The summed E-state index contributed by atoms with van der Waals surface area (Å²) in [6, 6.07) is 12.4. The number of methoxy groups -OCH3 is 2. The second-order valence-electron chi connectivity index (χ2n) is 9.93. The van der Waals surface area contributed by atoms with Gasteiger partial charge >= 0.3 is 6.03 Å². The van der Waals surface area contributed by atoms with E-state index in [0.29, 0.717) is 46.6 Å². The molecule has 0 spiro atoms. The lowest BCUT2D eigenvalue weighted by Gasteiger charge is -2.35. The van der Waals surface area contributed by atoms with E-state index in [2.05, 4.69) is 42.6 Å². The van der Waals surface area contributed by atoms with Gasteiger partial charge in [-0.1, -0.05) is 13.8 Å². The minimum Gasteiger partial charge on any atom is -0.497 e. The second-order valence-corrected chi connectivity index (χ2v) is 9.93. The number of amides is 3. The summed E-state index contributed by atoms with van der Waals surface area (Å²) in [5.41, 5.74) is 2.92. The zero-order valence-corrected chi connectivity index (χ0v) is 24.9. The topological polar surface area (TPSA) is 124 Å². The number of likely N-dealkylation sites (N-methyl/N-ethyl adjacent to an activating group) is 1. The van der Waals surface area contributed by atoms with Crippen LogP contribution in [-0.4, -0.2) is 80.8 Å². The maximum atomic E-state index is 13.0. The number of ether oxygens (including phenoxy) is 2. The summed E-state index contributed by atoms with van der Waals surface area (Å²) in [6.45, 7) is 9.06. The fourth-order valence-corrected chi connectivity index (χ4v) is 4.63. The van der Waals surface area contributed by atoms with Gasteiger partial charge in [0.25, 0.3) is 0 Å². The molecule has 224 valence electrons. The van der Waals surface area contributed by atoms with E-state index in [1.807, 2.05) is 25.1 Å². The number of carbonyl (C=O) groups excluding carboxylic acids is 2. The van der Waals surface area contributed by atoms with E-state index >= 15 is 0 Å². The number of benzene rings is 2. The van der Waals surface area contributed by atoms with Gasteiger partial charge in [-0.3, -0.25) is 9.69 Å². The summed E-state index contributed by atoms with van der Waals surface area (Å²) < 4.78 is 10.6. The molecule has 0 atom stereocenters. The predicted octanol–water partition coefficient (Wildman–Crippen LogP) is 4.79. The van der Waals surface area contributed by atoms with Crippen molar-refractivity contribution in [3.8, 4) is 11.5 Å². The molecule has 12 nitrogen and oxygen atoms in total. The molecule has 3 amide bonds. The molecule has 1 fully saturated rings. The van der Waals surface area contributed by atoms with Gasteiger partial charge < -0.3 is 35.2 Å². The Labute approximate surface area is 247 Å². The highest BCUT2D eigenvalue weighted by molar-refractivity contribution is 6.01. The Morgan fingerprint density at radius 2 is 1.62 bits per heavy atom. The molecule has 42 heavy (non-hydrogen) atoms. The molecule has 1 aromatic heterocycles. The molecule has 2 aromatic carbocycles. The molecule has 1 aliphatic rings. The number of rotatable bonds is 11. The Bertz CT molecular complexity index is 1350. The molecule has 3 aromatic rings. The first-order chi connectivity index (χ1) is 20.3. The average molecular weight is 577 g/mol. The lowest BCUT2D eigenvalue weighted by Crippen LogP contribution is -2.46. The molecule has 0 aliphatic carbocycles. The zero-order chi connectivity index (χ0) is 30.1. The van der Waals surface area contributed by atoms with Crippen molar-refractivity contribution in [3.63, 3.8) is 0 Å². The number of nitrogens with zero attached hydrogens (tertiary/aromatic N) is 5. The average Bonchev–Trinajstić information content (AvgIpc) is 3.01. The van der Waals surface area contributed by atoms with Gasteiger partial charge in [-0.15, -0.1) is 0 Å². The summed E-state index contributed by atoms with van der Waals surface area (Å²) in [5, 5.41) is 9.19. The van der Waals surface area contributed by atoms with Crippen LogP contribution in [0, 0.1) is 0 Å². The van der Waals surface area contributed by atoms with Gasteiger partial charge in [-0.2, -0.15) is 0 Å². The van der Waals surface area contributed by atoms with Gasteiger partial charge in [0, 0.05) is 75.3 Å². The molecular formula is C30H40N8O4. The van der Waals surface area contributed by atoms with Crippen LogP contribution in [0.5, 0.6) is 11.5 Å². The smallest absolute Gasteiger partial charge is 0.327 e. The monoisotopic (exact) mass is 576 g/mol. The third-order valence-corrected chi connectivity index (χ3v) is 7.11. The highest BCUT2D eigenvalue weighted by Crippen LogP contribution is 2.32. The first-order valence-electron chi connectivity index (χ1n) is 14.1. The Morgan fingerprint density at radius 1 is 0.905 bits per heavy atom. The van der Waals surface area contributed by atoms with E-state index in [1.54, 1.807) is 45.5 Å². The van der Waals surface area contributed by atoms with Crippen LogP contribution in [-0.2, 0) is 4.79 Å². The molecule has 0 radical (unpaired) electrons. The van der Waals surface area contributed by atoms with Crippen LogP contribution in [0.1, 0.15) is 26.7 Å². The van der Waals surface area contributed by atoms with Crippen LogP contribution >= 0.6 is 0 Å². The van der Waals surface area contributed by atoms with Crippen molar-refractivity contribution in [2.24, 2.45) is 0 Å². The SMILES string of the molecule is CCCC(=O)Nc1cc(N2CCN(CC)CC2)ccc1Nc1cc(N(C)C(=O)Nc2cc(OC)cc(OC)c2)ncn1. The lowest BCUT2D eigenvalue weighted by atomic mass is 10.2. The molecule has 1 saturated heterocycles. The van der Waals surface area contributed by atoms with Gasteiger partial charge in [0.05, 0.1) is 25.6 Å². The molecule has 3 N–H and O–H groups in total. The maximum absolute atomic E-state index is 13.0. The van der Waals surface area contributed by atoms with Gasteiger partial charge in [0.2, 0.25) is 5.91 Å². The number of piperazine rings is 1. The fraction of sp³-hybridized carbons (Fsp3) is 0.400. The van der Waals surface area contributed by atoms with Gasteiger partial charge in [0.1, 0.15) is 29.5 Å². The van der Waals surface area contributed by atoms with Crippen molar-refractivity contribution in [2.45, 2.75) is 26.7 Å². The van der Waals surface area contributed by atoms with Crippen molar-refractivity contribution in [3.05, 3.63) is 48.8 Å². The van der Waals surface area contributed by atoms with Crippen molar-refractivity contribution >= 4 is 46.3 Å². The minimum absolute atomic E-state index is 0.0533. The van der Waals surface area contributed by atoms with Crippen LogP contribution in [0.15, 0.2) is 48.8 Å². The predicted molar refractivity (Wildman–Crippen MR) is 167 cm³/mol. The molecule has 4 rings (SSSR count). The van der Waals surface area contributed by atoms with Crippen molar-refractivity contribution in [1.82, 2.24) is 14.9 Å². The van der Waals surface area contributed by atoms with E-state index in [1.165, 1.54) is 11.2 Å². The molecular weight excluding hydrogens is 536 g/mol. The first-order valence-corrected chi connectivity index (χ1v) is 14.1. The van der Waals surface area contributed by atoms with Gasteiger partial charge in [0.15, 0.2) is 0 Å². The molecule has 1 aliphatic heterocycles. The first kappa shape index (κ1) is 30.4. The van der Waals surface area contributed by atoms with Crippen LogP contribution < -0.4 is 35.2 Å². The molecule has 12 heteroatoms. The van der Waals surface area contributed by atoms with Gasteiger partial charge in [-0.05, 0) is 31.2 Å². The number of urea groups is 1. The van der Waals surface area contributed by atoms with Crippen LogP contribution in [0.3, 0.4) is 0 Å². The molecule has 0 saturated carbocycles. The zero-order valence-electron chi connectivity index (χ0n) is 24.9. The standard InChI is InChI=1S/C30H40N8O4/c1-6-8-29(39)35-26-17-22(38-13-11-37(7-2)12-14-38)9-10-25(26)34-27-19-28(32-20-31-27)36(3)30(40)33-21-15-23(41-4)18-24(16-21)42-5/h9-10,15-20H,6-8,11-14H2,1-5H3,(H,33,40)(H,35,39)(H,31,32,34). The highest BCUT2D eigenvalue weighted by atomic mass is 16.5. The largest absolute Gasteiger partial charge is 0.497 e. The Kier molecular flexibility index (Phi) is 10.4. The third kappa shape index (κ3) is 7.78. The summed E-state index contributed by atoms with van der Waals surface area (Å²) >= 11 is 0. The number of hydrogen-bond acceptors (Lipinski definition) is 9. The summed E-state index contributed by atoms with van der Waals surface area (Å²) in [7, 11) is 4.70. The van der Waals surface area contributed by atoms with Crippen LogP contribution in [0.25, 0.3) is 0 Å². The molecule has 0 bridgehead atoms. The summed E-state index contributed by atoms with van der Waals surface area (Å²) in [6.07, 6.45) is 2.56. The number of nitrogens with one attached hydrogen (secondary N) is 3. The molecule has 0 unspecified atom stereocenters. The van der Waals surface area contributed by atoms with Gasteiger partial charge in [-0.25, -0.2) is 14.8 Å². The number of aromatic nitrogens is 2. The quantitative estimate of drug-likeness (QED) is 0.296. The third-order valence-electron chi connectivity index (χ3n) is 7.11. The van der Waals surface area contributed by atoms with E-state index in [4.69, 9.17) is 9.47 Å². The van der Waals surface area contributed by atoms with Crippen molar-refractivity contribution < 1.29 is 19.1 Å². The summed E-state index contributed by atoms with van der Waals surface area (Å²) in [4.78, 5) is 40.4. The van der Waals surface area contributed by atoms with Crippen molar-refractivity contribution in [1.29, 1.82) is 0 Å². The number of hydrogen-bond donors (Lipinski definition) is 3. The van der Waals surface area contributed by atoms with E-state index in [9.17, 15) is 9.59 Å². The lowest BCUT2D eigenvalue weighted by molar-refractivity contribution is -0.116.